The van der Waals surface area contributed by atoms with Crippen LogP contribution in [0.2, 0.25) is 0 Å². The van der Waals surface area contributed by atoms with Crippen molar-refractivity contribution in [1.29, 1.82) is 0 Å². The van der Waals surface area contributed by atoms with Crippen LogP contribution in [0.15, 0.2) is 46.3 Å². The summed E-state index contributed by atoms with van der Waals surface area (Å²) in [6, 6.07) is 0. The molecule has 5 aliphatic carbocycles. The van der Waals surface area contributed by atoms with Crippen molar-refractivity contribution in [3.63, 3.8) is 0 Å². The van der Waals surface area contributed by atoms with Crippen molar-refractivity contribution in [2.24, 2.45) is 33.0 Å². The fraction of sp³-hybridized carbons (Fsp3) is 0.706. The standard InChI is InChI=1S/C34H48N2O6/c1-22-23-10-11-26-32(4,24(23)20-25(37)28(22)38)15-17-34(6)27-21-31(3,13-12-30(27,2)14-16-33(26,34)5)29(39)35-18-8-7-9-19-42-36(40)41/h10-11,20,27,38H,7-9,12-19,21H2,1-6H3,(H,35,39)/t27-,30-,31-,32+,33-,34+/m1/s1. The summed E-state index contributed by atoms with van der Waals surface area (Å²) in [5.41, 5.74) is 3.52. The number of amides is 1. The zero-order valence-electron chi connectivity index (χ0n) is 26.2. The van der Waals surface area contributed by atoms with E-state index in [0.29, 0.717) is 24.5 Å². The van der Waals surface area contributed by atoms with Gasteiger partial charge in [-0.1, -0.05) is 52.3 Å². The van der Waals surface area contributed by atoms with Crippen LogP contribution in [0.3, 0.4) is 0 Å². The molecule has 3 saturated carbocycles. The molecule has 0 aromatic heterocycles. The molecule has 3 fully saturated rings. The molecule has 1 amide bonds. The molecule has 6 atom stereocenters. The minimum Gasteiger partial charge on any atom is -0.504 e. The Morgan fingerprint density at radius 1 is 1.05 bits per heavy atom. The number of nitrogens with one attached hydrogen (secondary N) is 1. The van der Waals surface area contributed by atoms with E-state index in [4.69, 9.17) is 0 Å². The average molecular weight is 581 g/mol. The first-order chi connectivity index (χ1) is 19.6. The first kappa shape index (κ1) is 30.6. The molecule has 230 valence electrons. The lowest BCUT2D eigenvalue weighted by Crippen LogP contribution is -2.62. The zero-order valence-corrected chi connectivity index (χ0v) is 26.2. The number of rotatable bonds is 8. The third-order valence-corrected chi connectivity index (χ3v) is 12.7. The molecule has 0 heterocycles. The summed E-state index contributed by atoms with van der Waals surface area (Å²) < 4.78 is 0. The van der Waals surface area contributed by atoms with Gasteiger partial charge in [0.1, 0.15) is 0 Å². The molecule has 0 saturated heterocycles. The molecule has 0 radical (unpaired) electrons. The van der Waals surface area contributed by atoms with Gasteiger partial charge in [0.15, 0.2) is 5.76 Å². The maximum absolute atomic E-state index is 13.6. The number of unbranched alkanes of at least 4 members (excludes halogenated alkanes) is 2. The van der Waals surface area contributed by atoms with Crippen LogP contribution in [0.1, 0.15) is 106 Å². The molecule has 0 unspecified atom stereocenters. The molecular formula is C34H48N2O6. The Hall–Kier alpha value is -2.90. The van der Waals surface area contributed by atoms with Gasteiger partial charge in [0.05, 0.1) is 6.61 Å². The van der Waals surface area contributed by atoms with Crippen LogP contribution in [0.4, 0.5) is 0 Å². The molecule has 2 N–H and O–H groups in total. The Balaban J connectivity index is 1.37. The van der Waals surface area contributed by atoms with Crippen LogP contribution in [0.25, 0.3) is 0 Å². The number of fused-ring (bicyclic) bond motifs is 7. The van der Waals surface area contributed by atoms with Crippen LogP contribution in [-0.4, -0.2) is 35.0 Å². The maximum atomic E-state index is 13.6. The van der Waals surface area contributed by atoms with E-state index in [9.17, 15) is 24.8 Å². The first-order valence-electron chi connectivity index (χ1n) is 15.8. The van der Waals surface area contributed by atoms with Crippen molar-refractivity contribution in [2.45, 2.75) is 106 Å². The van der Waals surface area contributed by atoms with Crippen LogP contribution >= 0.6 is 0 Å². The molecule has 42 heavy (non-hydrogen) atoms. The Morgan fingerprint density at radius 2 is 1.76 bits per heavy atom. The minimum absolute atomic E-state index is 0.00190. The van der Waals surface area contributed by atoms with Gasteiger partial charge in [-0.3, -0.25) is 9.59 Å². The van der Waals surface area contributed by atoms with Crippen molar-refractivity contribution in [1.82, 2.24) is 5.32 Å². The number of nitrogens with zero attached hydrogens (tertiary/aromatic N) is 1. The SMILES string of the molecule is CC1=C(O)C(=O)C=C2C1=CC=C1[C@@]2(C)CC[C@@]2(C)[C@@H]3C[C@](C)(C(=O)NCCCCCO[N+](=O)[O-])CC[C@]3(C)CC[C@]12C. The number of hydrogen-bond acceptors (Lipinski definition) is 6. The Kier molecular flexibility index (Phi) is 7.55. The van der Waals surface area contributed by atoms with Crippen LogP contribution in [-0.2, 0) is 14.4 Å². The van der Waals surface area contributed by atoms with Gasteiger partial charge in [-0.25, -0.2) is 0 Å². The van der Waals surface area contributed by atoms with Gasteiger partial charge >= 0.3 is 0 Å². The molecule has 8 nitrogen and oxygen atoms in total. The second-order valence-corrected chi connectivity index (χ2v) is 15.0. The van der Waals surface area contributed by atoms with Crippen molar-refractivity contribution >= 4 is 11.7 Å². The smallest absolute Gasteiger partial charge is 0.294 e. The van der Waals surface area contributed by atoms with E-state index in [-0.39, 0.29) is 45.7 Å². The number of aliphatic hydroxyl groups is 1. The summed E-state index contributed by atoms with van der Waals surface area (Å²) in [6.07, 6.45) is 15.2. The normalized spacial score (nSPS) is 39.0. The number of hydrogen-bond donors (Lipinski definition) is 2. The topological polar surface area (TPSA) is 119 Å². The average Bonchev–Trinajstić information content (AvgIpc) is 2.94. The highest BCUT2D eigenvalue weighted by Gasteiger charge is 2.67. The molecule has 5 rings (SSSR count). The number of carbonyl (C=O) groups excluding carboxylic acids is 2. The van der Waals surface area contributed by atoms with Gasteiger partial charge in [-0.05, 0) is 111 Å². The van der Waals surface area contributed by atoms with E-state index in [1.807, 2.05) is 6.92 Å². The lowest BCUT2D eigenvalue weighted by Gasteiger charge is -2.70. The van der Waals surface area contributed by atoms with Crippen molar-refractivity contribution < 1.29 is 24.6 Å². The van der Waals surface area contributed by atoms with E-state index < -0.39 is 10.5 Å². The van der Waals surface area contributed by atoms with E-state index in [2.05, 4.69) is 56.9 Å². The van der Waals surface area contributed by atoms with Crippen molar-refractivity contribution in [3.8, 4) is 0 Å². The molecule has 0 aliphatic heterocycles. The fourth-order valence-corrected chi connectivity index (χ4v) is 9.62. The van der Waals surface area contributed by atoms with Gasteiger partial charge in [-0.2, -0.15) is 0 Å². The summed E-state index contributed by atoms with van der Waals surface area (Å²) in [4.78, 5) is 41.1. The zero-order chi connectivity index (χ0) is 30.7. The quantitative estimate of drug-likeness (QED) is 0.179. The second kappa shape index (κ2) is 10.4. The summed E-state index contributed by atoms with van der Waals surface area (Å²) in [5, 5.41) is 23.1. The lowest BCUT2D eigenvalue weighted by atomic mass is 9.34. The molecule has 0 aromatic carbocycles. The van der Waals surface area contributed by atoms with Gasteiger partial charge in [0.2, 0.25) is 11.7 Å². The van der Waals surface area contributed by atoms with E-state index >= 15 is 0 Å². The van der Waals surface area contributed by atoms with Gasteiger partial charge in [-0.15, -0.1) is 10.1 Å². The lowest BCUT2D eigenvalue weighted by molar-refractivity contribution is -0.757. The van der Waals surface area contributed by atoms with E-state index in [1.165, 1.54) is 5.57 Å². The summed E-state index contributed by atoms with van der Waals surface area (Å²) in [7, 11) is 0. The summed E-state index contributed by atoms with van der Waals surface area (Å²) in [5.74, 6) is 0.0705. The monoisotopic (exact) mass is 580 g/mol. The third-order valence-electron chi connectivity index (χ3n) is 12.7. The van der Waals surface area contributed by atoms with Crippen molar-refractivity contribution in [3.05, 3.63) is 56.4 Å². The van der Waals surface area contributed by atoms with Crippen LogP contribution in [0, 0.1) is 43.1 Å². The Morgan fingerprint density at radius 3 is 2.48 bits per heavy atom. The largest absolute Gasteiger partial charge is 0.504 e. The fourth-order valence-electron chi connectivity index (χ4n) is 9.62. The molecule has 0 bridgehead atoms. The highest BCUT2D eigenvalue weighted by atomic mass is 16.9. The van der Waals surface area contributed by atoms with E-state index in [0.717, 1.165) is 68.9 Å². The second-order valence-electron chi connectivity index (χ2n) is 15.0. The molecule has 8 heteroatoms. The predicted octanol–water partition coefficient (Wildman–Crippen LogP) is 7.11. The highest BCUT2D eigenvalue weighted by Crippen LogP contribution is 2.75. The van der Waals surface area contributed by atoms with Crippen LogP contribution in [0.5, 0.6) is 0 Å². The molecular weight excluding hydrogens is 532 g/mol. The van der Waals surface area contributed by atoms with Gasteiger partial charge < -0.3 is 15.3 Å². The van der Waals surface area contributed by atoms with E-state index in [1.54, 1.807) is 6.08 Å². The van der Waals surface area contributed by atoms with Crippen molar-refractivity contribution in [2.75, 3.05) is 13.2 Å². The minimum atomic E-state index is -0.764. The molecule has 0 spiro atoms. The molecule has 5 aliphatic rings. The highest BCUT2D eigenvalue weighted by molar-refractivity contribution is 6.06. The number of aliphatic hydroxyl groups excluding tert-OH is 1. The Bertz CT molecular complexity index is 1330. The predicted molar refractivity (Wildman–Crippen MR) is 161 cm³/mol. The summed E-state index contributed by atoms with van der Waals surface area (Å²) >= 11 is 0. The van der Waals surface area contributed by atoms with Gasteiger partial charge in [0, 0.05) is 22.9 Å². The maximum Gasteiger partial charge on any atom is 0.294 e. The molecule has 0 aromatic rings. The number of ketones is 1. The first-order valence-corrected chi connectivity index (χ1v) is 15.8. The Labute approximate surface area is 249 Å². The summed E-state index contributed by atoms with van der Waals surface area (Å²) in [6.45, 7) is 14.3. The van der Waals surface area contributed by atoms with Crippen LogP contribution < -0.4 is 5.32 Å². The number of carbonyl (C=O) groups is 2. The van der Waals surface area contributed by atoms with Gasteiger partial charge in [0.25, 0.3) is 5.09 Å². The number of allylic oxidation sites excluding steroid dienone is 7. The third kappa shape index (κ3) is 4.55.